The van der Waals surface area contributed by atoms with Crippen LogP contribution in [0, 0.1) is 5.92 Å². The SMILES string of the molecule is CC1C[C@H]1NCc1nc2ccc(-c3ccc4c(c3)CCCc3[nH]c([C@@H]5CS6(C)C[C@@]6(C)N5)nc3-4)cc2[nH]1. The molecule has 192 valence electrons. The summed E-state index contributed by atoms with van der Waals surface area (Å²) in [5, 5.41) is 7.51. The van der Waals surface area contributed by atoms with Gasteiger partial charge in [0.2, 0.25) is 0 Å². The number of fused-ring (bicyclic) bond motifs is 5. The fraction of sp³-hybridized carbons (Fsp3) is 0.467. The lowest BCUT2D eigenvalue weighted by Gasteiger charge is -2.13. The van der Waals surface area contributed by atoms with Crippen LogP contribution in [0.5, 0.6) is 0 Å². The Bertz CT molecular complexity index is 1540. The average molecular weight is 513 g/mol. The van der Waals surface area contributed by atoms with Gasteiger partial charge in [-0.05, 0) is 73.6 Å². The lowest BCUT2D eigenvalue weighted by molar-refractivity contribution is 0.514. The Morgan fingerprint density at radius 3 is 2.73 bits per heavy atom. The highest BCUT2D eigenvalue weighted by molar-refractivity contribution is 8.40. The van der Waals surface area contributed by atoms with Gasteiger partial charge in [0.15, 0.2) is 0 Å². The second-order valence-electron chi connectivity index (χ2n) is 12.3. The van der Waals surface area contributed by atoms with E-state index in [9.17, 15) is 0 Å². The fourth-order valence-corrected chi connectivity index (χ4v) is 10.5. The molecule has 0 amide bonds. The molecule has 3 fully saturated rings. The lowest BCUT2D eigenvalue weighted by atomic mass is 9.96. The second kappa shape index (κ2) is 7.71. The summed E-state index contributed by atoms with van der Waals surface area (Å²) in [4.78, 5) is 17.7. The Morgan fingerprint density at radius 2 is 1.92 bits per heavy atom. The third-order valence-electron chi connectivity index (χ3n) is 9.47. The topological polar surface area (TPSA) is 81.4 Å². The number of benzene rings is 2. The number of rotatable bonds is 5. The number of imidazole rings is 2. The summed E-state index contributed by atoms with van der Waals surface area (Å²) in [6.07, 6.45) is 7.08. The molecule has 0 radical (unpaired) electrons. The summed E-state index contributed by atoms with van der Waals surface area (Å²) >= 11 is 0. The fourth-order valence-electron chi connectivity index (χ4n) is 6.76. The number of H-pyrrole nitrogens is 2. The van der Waals surface area contributed by atoms with Crippen LogP contribution in [0.25, 0.3) is 33.4 Å². The van der Waals surface area contributed by atoms with Crippen LogP contribution < -0.4 is 10.6 Å². The van der Waals surface area contributed by atoms with Gasteiger partial charge in [-0.2, -0.15) is 0 Å². The summed E-state index contributed by atoms with van der Waals surface area (Å²) < 4.78 is 0. The van der Waals surface area contributed by atoms with Crippen molar-refractivity contribution in [1.29, 1.82) is 0 Å². The van der Waals surface area contributed by atoms with E-state index in [-0.39, 0.29) is 0 Å². The van der Waals surface area contributed by atoms with Gasteiger partial charge in [0.25, 0.3) is 0 Å². The molecule has 4 heterocycles. The van der Waals surface area contributed by atoms with Gasteiger partial charge in [0.1, 0.15) is 11.6 Å². The summed E-state index contributed by atoms with van der Waals surface area (Å²) in [6, 6.07) is 14.6. The number of nitrogens with zero attached hydrogens (tertiary/aromatic N) is 2. The predicted octanol–water partition coefficient (Wildman–Crippen LogP) is 5.42. The van der Waals surface area contributed by atoms with E-state index in [1.54, 1.807) is 0 Å². The molecule has 4 N–H and O–H groups in total. The van der Waals surface area contributed by atoms with E-state index in [2.05, 4.69) is 77.1 Å². The third-order valence-corrected chi connectivity index (χ3v) is 13.8. The number of aromatic nitrogens is 4. The monoisotopic (exact) mass is 512 g/mol. The van der Waals surface area contributed by atoms with Crippen molar-refractivity contribution in [2.75, 3.05) is 17.8 Å². The van der Waals surface area contributed by atoms with Crippen LogP contribution in [-0.4, -0.2) is 48.6 Å². The molecule has 0 bridgehead atoms. The van der Waals surface area contributed by atoms with Crippen molar-refractivity contribution in [3.8, 4) is 22.4 Å². The molecule has 0 spiro atoms. The number of hydrogen-bond donors (Lipinski definition) is 4. The Morgan fingerprint density at radius 1 is 1.08 bits per heavy atom. The molecular weight excluding hydrogens is 476 g/mol. The molecule has 6 nitrogen and oxygen atoms in total. The maximum atomic E-state index is 5.21. The number of hydrogen-bond acceptors (Lipinski definition) is 4. The van der Waals surface area contributed by atoms with Crippen LogP contribution in [0.1, 0.15) is 55.6 Å². The molecule has 8 rings (SSSR count). The van der Waals surface area contributed by atoms with E-state index in [4.69, 9.17) is 9.97 Å². The lowest BCUT2D eigenvalue weighted by Crippen LogP contribution is -2.29. The quantitative estimate of drug-likeness (QED) is 0.269. The van der Waals surface area contributed by atoms with Crippen LogP contribution in [0.2, 0.25) is 0 Å². The molecule has 7 heteroatoms. The molecule has 2 aliphatic carbocycles. The molecule has 37 heavy (non-hydrogen) atoms. The van der Waals surface area contributed by atoms with Crippen LogP contribution in [0.3, 0.4) is 0 Å². The van der Waals surface area contributed by atoms with Gasteiger partial charge in [-0.3, -0.25) is 5.32 Å². The summed E-state index contributed by atoms with van der Waals surface area (Å²) in [7, 11) is -0.485. The van der Waals surface area contributed by atoms with Crippen LogP contribution >= 0.6 is 10.0 Å². The van der Waals surface area contributed by atoms with Gasteiger partial charge in [-0.25, -0.2) is 20.0 Å². The zero-order valence-electron chi connectivity index (χ0n) is 21.9. The Labute approximate surface area is 219 Å². The maximum Gasteiger partial charge on any atom is 0.125 e. The van der Waals surface area contributed by atoms with E-state index in [0.29, 0.717) is 17.0 Å². The van der Waals surface area contributed by atoms with Gasteiger partial charge >= 0.3 is 0 Å². The average Bonchev–Trinajstić information content (AvgIpc) is 3.47. The second-order valence-corrected chi connectivity index (χ2v) is 16.4. The summed E-state index contributed by atoms with van der Waals surface area (Å²) in [5.41, 5.74) is 9.85. The molecule has 4 aromatic rings. The van der Waals surface area contributed by atoms with Gasteiger partial charge < -0.3 is 15.3 Å². The molecule has 5 atom stereocenters. The molecule has 2 aromatic carbocycles. The Balaban J connectivity index is 1.08. The minimum absolute atomic E-state index is 0.373. The van der Waals surface area contributed by atoms with E-state index in [1.165, 1.54) is 51.6 Å². The maximum absolute atomic E-state index is 5.21. The zero-order chi connectivity index (χ0) is 24.9. The van der Waals surface area contributed by atoms with Gasteiger partial charge in [0.05, 0.1) is 34.2 Å². The minimum Gasteiger partial charge on any atom is -0.344 e. The van der Waals surface area contributed by atoms with Gasteiger partial charge in [0, 0.05) is 28.8 Å². The zero-order valence-corrected chi connectivity index (χ0v) is 22.8. The van der Waals surface area contributed by atoms with Crippen molar-refractivity contribution >= 4 is 21.1 Å². The molecule has 2 aliphatic heterocycles. The largest absolute Gasteiger partial charge is 0.344 e. The van der Waals surface area contributed by atoms with Crippen molar-refractivity contribution in [1.82, 2.24) is 30.6 Å². The molecular formula is C30H36N6S. The standard InChI is InChI=1S/C30H36N6S/c1-17-11-24(17)31-14-27-32-22-10-8-19(13-25(22)33-27)18-7-9-21-20(12-18)5-4-6-23-28(21)35-29(34-23)26-15-37(3)16-30(37,2)36-26/h7-10,12-13,17,24,26,31,36H,4-6,11,14-16H2,1-3H3,(H,32,33)(H,34,35)/t17?,24-,26+,30+/m1/s1. The molecule has 2 saturated heterocycles. The first-order valence-electron chi connectivity index (χ1n) is 13.8. The van der Waals surface area contributed by atoms with Gasteiger partial charge in [-0.15, -0.1) is 0 Å². The molecule has 1 saturated carbocycles. The van der Waals surface area contributed by atoms with E-state index in [0.717, 1.165) is 54.4 Å². The van der Waals surface area contributed by atoms with Crippen LogP contribution in [0.15, 0.2) is 36.4 Å². The van der Waals surface area contributed by atoms with Crippen LogP contribution in [-0.2, 0) is 19.4 Å². The number of nitrogens with one attached hydrogen (secondary N) is 4. The first-order valence-corrected chi connectivity index (χ1v) is 16.2. The normalized spacial score (nSPS) is 33.3. The summed E-state index contributed by atoms with van der Waals surface area (Å²) in [5.74, 6) is 5.59. The molecule has 2 unspecified atom stereocenters. The highest BCUT2D eigenvalue weighted by Gasteiger charge is 2.63. The first-order chi connectivity index (χ1) is 17.9. The van der Waals surface area contributed by atoms with Crippen molar-refractivity contribution in [2.45, 2.75) is 63.0 Å². The van der Waals surface area contributed by atoms with Gasteiger partial charge in [-0.1, -0.05) is 31.2 Å². The predicted molar refractivity (Wildman–Crippen MR) is 153 cm³/mol. The molecule has 2 aromatic heterocycles. The summed E-state index contributed by atoms with van der Waals surface area (Å²) in [6.45, 7) is 5.51. The highest BCUT2D eigenvalue weighted by Crippen LogP contribution is 2.77. The van der Waals surface area contributed by atoms with E-state index in [1.807, 2.05) is 0 Å². The first kappa shape index (κ1) is 22.4. The Hall–Kier alpha value is -2.61. The molecule has 4 aliphatic rings. The number of aromatic amines is 2. The van der Waals surface area contributed by atoms with Crippen molar-refractivity contribution in [2.24, 2.45) is 5.92 Å². The van der Waals surface area contributed by atoms with E-state index >= 15 is 0 Å². The smallest absolute Gasteiger partial charge is 0.125 e. The third kappa shape index (κ3) is 3.62. The highest BCUT2D eigenvalue weighted by atomic mass is 32.3. The minimum atomic E-state index is -0.485. The Kier molecular flexibility index (Phi) is 4.67. The van der Waals surface area contributed by atoms with Crippen molar-refractivity contribution in [3.63, 3.8) is 0 Å². The van der Waals surface area contributed by atoms with E-state index < -0.39 is 10.0 Å². The van der Waals surface area contributed by atoms with Crippen molar-refractivity contribution < 1.29 is 0 Å². The number of aryl methyl sites for hydroxylation is 2. The van der Waals surface area contributed by atoms with Crippen LogP contribution in [0.4, 0.5) is 0 Å². The van der Waals surface area contributed by atoms with Crippen molar-refractivity contribution in [3.05, 3.63) is 59.3 Å².